The summed E-state index contributed by atoms with van der Waals surface area (Å²) in [6.07, 6.45) is 1.47. The third-order valence-electron chi connectivity index (χ3n) is 2.11. The first-order valence-corrected chi connectivity index (χ1v) is 4.68. The lowest BCUT2D eigenvalue weighted by Gasteiger charge is -2.06. The highest BCUT2D eigenvalue weighted by atomic mass is 19.1. The first-order valence-electron chi connectivity index (χ1n) is 4.68. The Morgan fingerprint density at radius 1 is 1.24 bits per heavy atom. The fraction of sp³-hybridized carbons (Fsp3) is 0.100. The van der Waals surface area contributed by atoms with Crippen LogP contribution in [0.1, 0.15) is 0 Å². The Morgan fingerprint density at radius 3 is 2.29 bits per heavy atom. The summed E-state index contributed by atoms with van der Waals surface area (Å²) < 4.78 is 40.7. The van der Waals surface area contributed by atoms with Crippen LogP contribution in [0.2, 0.25) is 0 Å². The molecular formula is C10H9F3N4. The maximum absolute atomic E-state index is 13.3. The standard InChI is InChI=1S/C10H9F3N4/c1-17-4-8(14)10(16-17)15-9-6(12)2-5(11)3-7(9)13/h2-4H,14H2,1H3,(H,15,16). The Hall–Kier alpha value is -2.18. The normalized spacial score (nSPS) is 10.6. The zero-order chi connectivity index (χ0) is 12.6. The summed E-state index contributed by atoms with van der Waals surface area (Å²) in [5, 5.41) is 6.25. The maximum atomic E-state index is 13.3. The highest BCUT2D eigenvalue weighted by Crippen LogP contribution is 2.26. The molecule has 0 aliphatic rings. The minimum Gasteiger partial charge on any atom is -0.394 e. The lowest BCUT2D eigenvalue weighted by atomic mass is 10.2. The van der Waals surface area contributed by atoms with Crippen molar-refractivity contribution >= 4 is 17.2 Å². The molecule has 2 aromatic rings. The van der Waals surface area contributed by atoms with Gasteiger partial charge in [-0.2, -0.15) is 5.10 Å². The van der Waals surface area contributed by atoms with E-state index in [-0.39, 0.29) is 11.5 Å². The van der Waals surface area contributed by atoms with Gasteiger partial charge in [-0.15, -0.1) is 0 Å². The summed E-state index contributed by atoms with van der Waals surface area (Å²) in [5.74, 6) is -2.98. The van der Waals surface area contributed by atoms with Crippen molar-refractivity contribution in [3.8, 4) is 0 Å². The van der Waals surface area contributed by atoms with Gasteiger partial charge in [0.15, 0.2) is 17.5 Å². The minimum atomic E-state index is -1.05. The predicted molar refractivity (Wildman–Crippen MR) is 57.2 cm³/mol. The summed E-state index contributed by atoms with van der Waals surface area (Å²) >= 11 is 0. The number of nitrogens with one attached hydrogen (secondary N) is 1. The highest BCUT2D eigenvalue weighted by Gasteiger charge is 2.14. The number of nitrogens with zero attached hydrogens (tertiary/aromatic N) is 2. The third kappa shape index (κ3) is 2.17. The average molecular weight is 242 g/mol. The molecule has 0 radical (unpaired) electrons. The molecule has 0 saturated heterocycles. The van der Waals surface area contributed by atoms with Crippen LogP contribution in [0, 0.1) is 17.5 Å². The van der Waals surface area contributed by atoms with Gasteiger partial charge in [-0.25, -0.2) is 13.2 Å². The quantitative estimate of drug-likeness (QED) is 0.848. The van der Waals surface area contributed by atoms with Gasteiger partial charge in [0, 0.05) is 25.4 Å². The first kappa shape index (κ1) is 11.3. The van der Waals surface area contributed by atoms with Crippen LogP contribution in [0.5, 0.6) is 0 Å². The molecule has 0 atom stereocenters. The second-order valence-corrected chi connectivity index (χ2v) is 3.48. The number of aryl methyl sites for hydroxylation is 1. The van der Waals surface area contributed by atoms with E-state index in [1.807, 2.05) is 0 Å². The number of nitrogen functional groups attached to an aromatic ring is 1. The molecule has 7 heteroatoms. The van der Waals surface area contributed by atoms with Gasteiger partial charge in [-0.1, -0.05) is 0 Å². The largest absolute Gasteiger partial charge is 0.394 e. The Labute approximate surface area is 94.8 Å². The number of benzene rings is 1. The molecule has 0 fully saturated rings. The number of hydrogen-bond donors (Lipinski definition) is 2. The van der Waals surface area contributed by atoms with E-state index in [2.05, 4.69) is 10.4 Å². The van der Waals surface area contributed by atoms with Gasteiger partial charge in [-0.3, -0.25) is 4.68 Å². The molecule has 1 heterocycles. The van der Waals surface area contributed by atoms with Crippen molar-refractivity contribution in [2.75, 3.05) is 11.1 Å². The molecule has 4 nitrogen and oxygen atoms in total. The highest BCUT2D eigenvalue weighted by molar-refractivity contribution is 5.68. The molecule has 2 rings (SSSR count). The summed E-state index contributed by atoms with van der Waals surface area (Å²) in [4.78, 5) is 0. The monoisotopic (exact) mass is 242 g/mol. The van der Waals surface area contributed by atoms with Gasteiger partial charge in [-0.05, 0) is 0 Å². The van der Waals surface area contributed by atoms with Crippen molar-refractivity contribution in [2.45, 2.75) is 0 Å². The molecular weight excluding hydrogens is 233 g/mol. The van der Waals surface area contributed by atoms with Crippen LogP contribution in [0.25, 0.3) is 0 Å². The van der Waals surface area contributed by atoms with Crippen LogP contribution in [0.4, 0.5) is 30.4 Å². The number of nitrogens with two attached hydrogens (primary N) is 1. The van der Waals surface area contributed by atoms with Crippen molar-refractivity contribution in [1.82, 2.24) is 9.78 Å². The van der Waals surface area contributed by atoms with Crippen LogP contribution in [-0.4, -0.2) is 9.78 Å². The van der Waals surface area contributed by atoms with Gasteiger partial charge in [0.25, 0.3) is 0 Å². The molecule has 0 spiro atoms. The van der Waals surface area contributed by atoms with Crippen molar-refractivity contribution in [2.24, 2.45) is 7.05 Å². The van der Waals surface area contributed by atoms with E-state index in [0.717, 1.165) is 0 Å². The van der Waals surface area contributed by atoms with E-state index in [1.54, 1.807) is 7.05 Å². The van der Waals surface area contributed by atoms with Gasteiger partial charge < -0.3 is 11.1 Å². The van der Waals surface area contributed by atoms with E-state index in [0.29, 0.717) is 12.1 Å². The van der Waals surface area contributed by atoms with Crippen LogP contribution in [0.3, 0.4) is 0 Å². The summed E-state index contributed by atoms with van der Waals surface area (Å²) in [6, 6.07) is 1.15. The van der Waals surface area contributed by atoms with Gasteiger partial charge in [0.1, 0.15) is 11.5 Å². The average Bonchev–Trinajstić information content (AvgIpc) is 2.51. The number of hydrogen-bond acceptors (Lipinski definition) is 3. The van der Waals surface area contributed by atoms with Gasteiger partial charge >= 0.3 is 0 Å². The molecule has 0 amide bonds. The number of aromatic nitrogens is 2. The second-order valence-electron chi connectivity index (χ2n) is 3.48. The van der Waals surface area contributed by atoms with Gasteiger partial charge in [0.05, 0.1) is 5.69 Å². The molecule has 17 heavy (non-hydrogen) atoms. The van der Waals surface area contributed by atoms with E-state index in [9.17, 15) is 13.2 Å². The Balaban J connectivity index is 2.39. The molecule has 1 aromatic carbocycles. The predicted octanol–water partition coefficient (Wildman–Crippen LogP) is 2.16. The summed E-state index contributed by atoms with van der Waals surface area (Å²) in [7, 11) is 1.61. The van der Waals surface area contributed by atoms with Crippen molar-refractivity contribution in [1.29, 1.82) is 0 Å². The molecule has 0 aliphatic carbocycles. The van der Waals surface area contributed by atoms with Crippen LogP contribution < -0.4 is 11.1 Å². The minimum absolute atomic E-state index is 0.108. The van der Waals surface area contributed by atoms with Crippen molar-refractivity contribution < 1.29 is 13.2 Å². The SMILES string of the molecule is Cn1cc(N)c(Nc2c(F)cc(F)cc2F)n1. The molecule has 3 N–H and O–H groups in total. The van der Waals surface area contributed by atoms with E-state index in [4.69, 9.17) is 5.73 Å². The molecule has 0 bridgehead atoms. The number of halogens is 3. The van der Waals surface area contributed by atoms with Crippen LogP contribution in [-0.2, 0) is 7.05 Å². The molecule has 0 unspecified atom stereocenters. The van der Waals surface area contributed by atoms with E-state index in [1.165, 1.54) is 10.9 Å². The zero-order valence-electron chi connectivity index (χ0n) is 8.84. The Kier molecular flexibility index (Phi) is 2.66. The fourth-order valence-corrected chi connectivity index (χ4v) is 1.38. The maximum Gasteiger partial charge on any atom is 0.175 e. The Morgan fingerprint density at radius 2 is 1.82 bits per heavy atom. The topological polar surface area (TPSA) is 55.9 Å². The fourth-order valence-electron chi connectivity index (χ4n) is 1.38. The molecule has 0 aliphatic heterocycles. The third-order valence-corrected chi connectivity index (χ3v) is 2.11. The van der Waals surface area contributed by atoms with Crippen LogP contribution >= 0.6 is 0 Å². The summed E-state index contributed by atoms with van der Waals surface area (Å²) in [5.41, 5.74) is 5.30. The zero-order valence-corrected chi connectivity index (χ0v) is 8.84. The molecule has 0 saturated carbocycles. The lowest BCUT2D eigenvalue weighted by molar-refractivity contribution is 0.548. The number of anilines is 3. The van der Waals surface area contributed by atoms with E-state index < -0.39 is 23.1 Å². The smallest absolute Gasteiger partial charge is 0.175 e. The number of rotatable bonds is 2. The van der Waals surface area contributed by atoms with Crippen molar-refractivity contribution in [3.63, 3.8) is 0 Å². The van der Waals surface area contributed by atoms with Crippen molar-refractivity contribution in [3.05, 3.63) is 35.8 Å². The summed E-state index contributed by atoms with van der Waals surface area (Å²) in [6.45, 7) is 0. The second kappa shape index (κ2) is 4.00. The van der Waals surface area contributed by atoms with E-state index >= 15 is 0 Å². The first-order chi connectivity index (χ1) is 7.97. The lowest BCUT2D eigenvalue weighted by Crippen LogP contribution is -2.01. The van der Waals surface area contributed by atoms with Gasteiger partial charge in [0.2, 0.25) is 0 Å². The van der Waals surface area contributed by atoms with Crippen LogP contribution in [0.15, 0.2) is 18.3 Å². The molecule has 90 valence electrons. The Bertz CT molecular complexity index is 542. The molecule has 1 aromatic heterocycles.